The van der Waals surface area contributed by atoms with E-state index in [4.69, 9.17) is 0 Å². The maximum Gasteiger partial charge on any atom is 0.0462 e. The number of hydrogen-bond acceptors (Lipinski definition) is 2. The van der Waals surface area contributed by atoms with Crippen LogP contribution in [-0.4, -0.2) is 0 Å². The Hall–Kier alpha value is -7.16. The molecule has 2 nitrogen and oxygen atoms in total. The summed E-state index contributed by atoms with van der Waals surface area (Å²) in [5.74, 6) is 0. The molecule has 8 aromatic rings. The molecule has 258 valence electrons. The fourth-order valence-corrected chi connectivity index (χ4v) is 6.90. The van der Waals surface area contributed by atoms with Crippen molar-refractivity contribution in [1.29, 1.82) is 0 Å². The summed E-state index contributed by atoms with van der Waals surface area (Å²) in [6, 6.07) is 81.3. The predicted molar refractivity (Wildman–Crippen MR) is 229 cm³/mol. The quantitative estimate of drug-likeness (QED) is 0.125. The molecule has 0 saturated heterocycles. The van der Waals surface area contributed by atoms with E-state index < -0.39 is 0 Å². The van der Waals surface area contributed by atoms with Crippen molar-refractivity contribution in [3.05, 3.63) is 265 Å². The minimum Gasteiger partial charge on any atom is -0.311 e. The van der Waals surface area contributed by atoms with E-state index in [1.165, 1.54) is 0 Å². The predicted octanol–water partition coefficient (Wildman–Crippen LogP) is 14.2. The number of hydrogen-bond donors (Lipinski definition) is 0. The first kappa shape index (κ1) is 34.0. The van der Waals surface area contributed by atoms with Crippen LogP contribution in [0, 0.1) is 0 Å². The fourth-order valence-electron chi connectivity index (χ4n) is 6.90. The van der Waals surface area contributed by atoms with E-state index in [2.05, 4.69) is 252 Å². The highest BCUT2D eigenvalue weighted by Gasteiger charge is 2.15. The van der Waals surface area contributed by atoms with E-state index in [9.17, 15) is 0 Å². The van der Waals surface area contributed by atoms with Crippen LogP contribution in [0.4, 0.5) is 34.1 Å². The SMILES string of the molecule is C(/C=C(\c1ccccc1)c1ccc(N(c2ccccc2)c2ccccc2)cc1)=C(/c1ccccc1)c1ccc(N(c2ccccc2)c2ccccc2)cc1. The zero-order valence-electron chi connectivity index (χ0n) is 30.0. The van der Waals surface area contributed by atoms with Gasteiger partial charge in [-0.1, -0.05) is 170 Å². The van der Waals surface area contributed by atoms with Crippen LogP contribution in [0.5, 0.6) is 0 Å². The first-order valence-electron chi connectivity index (χ1n) is 18.4. The summed E-state index contributed by atoms with van der Waals surface area (Å²) in [4.78, 5) is 4.59. The Bertz CT molecular complexity index is 2170. The molecule has 0 spiro atoms. The van der Waals surface area contributed by atoms with Gasteiger partial charge in [0.15, 0.2) is 0 Å². The summed E-state index contributed by atoms with van der Waals surface area (Å²) in [5, 5.41) is 0. The summed E-state index contributed by atoms with van der Waals surface area (Å²) in [7, 11) is 0. The van der Waals surface area contributed by atoms with Crippen molar-refractivity contribution >= 4 is 45.3 Å². The van der Waals surface area contributed by atoms with E-state index in [-0.39, 0.29) is 0 Å². The lowest BCUT2D eigenvalue weighted by atomic mass is 9.93. The third-order valence-electron chi connectivity index (χ3n) is 9.52. The van der Waals surface area contributed by atoms with Crippen molar-refractivity contribution in [2.75, 3.05) is 9.80 Å². The van der Waals surface area contributed by atoms with Crippen molar-refractivity contribution in [3.63, 3.8) is 0 Å². The maximum absolute atomic E-state index is 2.30. The normalized spacial score (nSPS) is 11.6. The Morgan fingerprint density at radius 2 is 0.426 bits per heavy atom. The molecule has 0 fully saturated rings. The topological polar surface area (TPSA) is 6.48 Å². The zero-order valence-corrected chi connectivity index (χ0v) is 30.0. The van der Waals surface area contributed by atoms with E-state index in [1.807, 2.05) is 0 Å². The van der Waals surface area contributed by atoms with Gasteiger partial charge in [0.05, 0.1) is 0 Å². The second kappa shape index (κ2) is 16.5. The van der Waals surface area contributed by atoms with E-state index in [0.717, 1.165) is 67.5 Å². The standard InChI is InChI=1S/C52H40N2/c1-7-19-41(20-8-1)51(43-31-35-49(36-32-43)53(45-23-11-3-12-24-45)46-25-13-4-14-26-46)39-40-52(42-21-9-2-10-22-42)44-33-37-50(38-34-44)54(47-27-15-5-16-28-47)48-29-17-6-18-30-48/h1-40H/b51-39+,52-40+. The molecule has 8 aromatic carbocycles. The van der Waals surface area contributed by atoms with Gasteiger partial charge in [-0.25, -0.2) is 0 Å². The largest absolute Gasteiger partial charge is 0.311 e. The van der Waals surface area contributed by atoms with Gasteiger partial charge in [-0.2, -0.15) is 0 Å². The Labute approximate surface area is 318 Å². The molecule has 2 heteroatoms. The summed E-state index contributed by atoms with van der Waals surface area (Å²) < 4.78 is 0. The van der Waals surface area contributed by atoms with Crippen molar-refractivity contribution < 1.29 is 0 Å². The van der Waals surface area contributed by atoms with Gasteiger partial charge in [0, 0.05) is 34.1 Å². The molecule has 0 heterocycles. The van der Waals surface area contributed by atoms with Gasteiger partial charge in [0.25, 0.3) is 0 Å². The maximum atomic E-state index is 2.30. The van der Waals surface area contributed by atoms with Gasteiger partial charge in [-0.05, 0) is 106 Å². The molecule has 0 N–H and O–H groups in total. The van der Waals surface area contributed by atoms with Crippen LogP contribution in [0.15, 0.2) is 243 Å². The highest BCUT2D eigenvalue weighted by atomic mass is 15.1. The van der Waals surface area contributed by atoms with Crippen LogP contribution in [-0.2, 0) is 0 Å². The van der Waals surface area contributed by atoms with Crippen molar-refractivity contribution in [2.24, 2.45) is 0 Å². The summed E-state index contributed by atoms with van der Waals surface area (Å²) in [6.45, 7) is 0. The number of rotatable bonds is 11. The lowest BCUT2D eigenvalue weighted by molar-refractivity contribution is 1.28. The number of allylic oxidation sites excluding steroid dienone is 2. The highest BCUT2D eigenvalue weighted by Crippen LogP contribution is 2.37. The summed E-state index contributed by atoms with van der Waals surface area (Å²) in [6.07, 6.45) is 4.54. The fraction of sp³-hybridized carbons (Fsp3) is 0. The Kier molecular flexibility index (Phi) is 10.3. The zero-order chi connectivity index (χ0) is 36.4. The molecule has 0 aliphatic heterocycles. The molecule has 0 radical (unpaired) electrons. The molecule has 0 unspecified atom stereocenters. The van der Waals surface area contributed by atoms with Crippen molar-refractivity contribution in [1.82, 2.24) is 0 Å². The molecule has 0 aliphatic rings. The molecule has 0 bridgehead atoms. The number of anilines is 6. The number of benzene rings is 8. The average molecular weight is 693 g/mol. The van der Waals surface area contributed by atoms with E-state index in [1.54, 1.807) is 0 Å². The Morgan fingerprint density at radius 1 is 0.222 bits per heavy atom. The minimum absolute atomic E-state index is 1.10. The van der Waals surface area contributed by atoms with Crippen LogP contribution in [0.1, 0.15) is 22.3 Å². The molecule has 54 heavy (non-hydrogen) atoms. The van der Waals surface area contributed by atoms with Crippen molar-refractivity contribution in [2.45, 2.75) is 0 Å². The molecule has 0 aromatic heterocycles. The minimum atomic E-state index is 1.10. The van der Waals surface area contributed by atoms with E-state index in [0.29, 0.717) is 0 Å². The third kappa shape index (κ3) is 7.69. The number of para-hydroxylation sites is 4. The summed E-state index contributed by atoms with van der Waals surface area (Å²) >= 11 is 0. The van der Waals surface area contributed by atoms with Crippen LogP contribution >= 0.6 is 0 Å². The monoisotopic (exact) mass is 692 g/mol. The second-order valence-corrected chi connectivity index (χ2v) is 13.0. The first-order chi connectivity index (χ1) is 26.8. The molecule has 0 atom stereocenters. The molecule has 0 amide bonds. The number of nitrogens with zero attached hydrogens (tertiary/aromatic N) is 2. The van der Waals surface area contributed by atoms with Gasteiger partial charge in [0.2, 0.25) is 0 Å². The Morgan fingerprint density at radius 3 is 0.685 bits per heavy atom. The van der Waals surface area contributed by atoms with Crippen LogP contribution in [0.2, 0.25) is 0 Å². The lowest BCUT2D eigenvalue weighted by Gasteiger charge is -2.25. The summed E-state index contributed by atoms with van der Waals surface area (Å²) in [5.41, 5.74) is 13.6. The molecular formula is C52H40N2. The first-order valence-corrected chi connectivity index (χ1v) is 18.4. The van der Waals surface area contributed by atoms with Gasteiger partial charge >= 0.3 is 0 Å². The highest BCUT2D eigenvalue weighted by molar-refractivity contribution is 5.88. The van der Waals surface area contributed by atoms with Gasteiger partial charge in [-0.15, -0.1) is 0 Å². The van der Waals surface area contributed by atoms with Gasteiger partial charge in [0.1, 0.15) is 0 Å². The van der Waals surface area contributed by atoms with E-state index >= 15 is 0 Å². The molecule has 0 aliphatic carbocycles. The lowest BCUT2D eigenvalue weighted by Crippen LogP contribution is -2.09. The third-order valence-corrected chi connectivity index (χ3v) is 9.52. The smallest absolute Gasteiger partial charge is 0.0462 e. The van der Waals surface area contributed by atoms with Crippen LogP contribution < -0.4 is 9.80 Å². The molecule has 8 rings (SSSR count). The van der Waals surface area contributed by atoms with Crippen LogP contribution in [0.25, 0.3) is 11.1 Å². The van der Waals surface area contributed by atoms with Gasteiger partial charge in [-0.3, -0.25) is 0 Å². The molecule has 0 saturated carbocycles. The second-order valence-electron chi connectivity index (χ2n) is 13.0. The Balaban J connectivity index is 1.19. The molecular weight excluding hydrogens is 653 g/mol. The van der Waals surface area contributed by atoms with Gasteiger partial charge < -0.3 is 9.80 Å². The van der Waals surface area contributed by atoms with Crippen LogP contribution in [0.3, 0.4) is 0 Å². The average Bonchev–Trinajstić information content (AvgIpc) is 3.26. The van der Waals surface area contributed by atoms with Crippen molar-refractivity contribution in [3.8, 4) is 0 Å².